The van der Waals surface area contributed by atoms with Crippen molar-refractivity contribution < 1.29 is 4.42 Å². The molecule has 2 nitrogen and oxygen atoms in total. The summed E-state index contributed by atoms with van der Waals surface area (Å²) in [5.74, 6) is 0. The topological polar surface area (TPSA) is 16.4 Å². The lowest BCUT2D eigenvalue weighted by molar-refractivity contribution is 0.669. The fraction of sp³-hybridized carbons (Fsp3) is 0.0145. The molecule has 12 aromatic carbocycles. The molecule has 0 unspecified atom stereocenters. The molecule has 71 heavy (non-hydrogen) atoms. The minimum atomic E-state index is -0.658. The summed E-state index contributed by atoms with van der Waals surface area (Å²) >= 11 is 0. The molecule has 1 aliphatic rings. The average Bonchev–Trinajstić information content (AvgIpc) is 3.99. The van der Waals surface area contributed by atoms with Crippen molar-refractivity contribution in [1.82, 2.24) is 0 Å². The van der Waals surface area contributed by atoms with Crippen molar-refractivity contribution in [2.24, 2.45) is 0 Å². The SMILES string of the molecule is c1ccc(-c2ccc(-c3ccccc3)c(-c3ccc(N(c4cc5ccccc5c5ccccc45)c4cc5c(c6oc7ccccc7c46)-c4ccccc4C5(c4ccccc4)c4ccccc4)cc3)c2)cc1. The van der Waals surface area contributed by atoms with Gasteiger partial charge in [-0.05, 0) is 114 Å². The van der Waals surface area contributed by atoms with Gasteiger partial charge in [0.25, 0.3) is 0 Å². The van der Waals surface area contributed by atoms with E-state index in [1.54, 1.807) is 0 Å². The first kappa shape index (κ1) is 40.8. The van der Waals surface area contributed by atoms with Crippen LogP contribution in [-0.4, -0.2) is 0 Å². The van der Waals surface area contributed by atoms with Gasteiger partial charge in [0, 0.05) is 22.0 Å². The maximum Gasteiger partial charge on any atom is 0.145 e. The quantitative estimate of drug-likeness (QED) is 0.141. The fourth-order valence-electron chi connectivity index (χ4n) is 11.8. The predicted molar refractivity (Wildman–Crippen MR) is 297 cm³/mol. The standard InChI is InChI=1S/C69H45NO/c1-5-21-46(22-6-1)49-39-42-55(47-23-7-2-8-24-47)60(43-49)48-37-40-53(41-38-48)70(63-44-50-25-13-14-30-54(50)56-31-15-16-32-57(56)63)64-45-62-66(68-67(64)59-34-18-20-36-65(59)71-68)58-33-17-19-35-61(58)69(62,51-26-9-3-10-27-51)52-28-11-4-12-29-52/h1-45H. The van der Waals surface area contributed by atoms with Crippen LogP contribution >= 0.6 is 0 Å². The highest BCUT2D eigenvalue weighted by molar-refractivity contribution is 6.21. The van der Waals surface area contributed by atoms with Gasteiger partial charge in [-0.25, -0.2) is 0 Å². The molecule has 0 saturated heterocycles. The third kappa shape index (κ3) is 6.35. The molecular formula is C69H45NO. The van der Waals surface area contributed by atoms with Gasteiger partial charge in [-0.15, -0.1) is 0 Å². The summed E-state index contributed by atoms with van der Waals surface area (Å²) in [7, 11) is 0. The molecule has 0 bridgehead atoms. The summed E-state index contributed by atoms with van der Waals surface area (Å²) in [6.07, 6.45) is 0. The van der Waals surface area contributed by atoms with E-state index in [0.717, 1.165) is 50.1 Å². The summed E-state index contributed by atoms with van der Waals surface area (Å²) in [6, 6.07) is 99.8. The first-order chi connectivity index (χ1) is 35.2. The first-order valence-corrected chi connectivity index (χ1v) is 24.5. The van der Waals surface area contributed by atoms with E-state index in [1.807, 2.05) is 0 Å². The number of hydrogen-bond donors (Lipinski definition) is 0. The van der Waals surface area contributed by atoms with Gasteiger partial charge in [-0.1, -0.05) is 237 Å². The van der Waals surface area contributed by atoms with E-state index in [2.05, 4.69) is 278 Å². The largest absolute Gasteiger partial charge is 0.455 e. The Morgan fingerprint density at radius 1 is 0.324 bits per heavy atom. The maximum atomic E-state index is 7.29. The van der Waals surface area contributed by atoms with E-state index in [0.29, 0.717) is 0 Å². The molecule has 332 valence electrons. The molecule has 0 aliphatic heterocycles. The molecule has 0 spiro atoms. The van der Waals surface area contributed by atoms with Gasteiger partial charge in [-0.2, -0.15) is 0 Å². The lowest BCUT2D eigenvalue weighted by atomic mass is 9.67. The molecule has 0 amide bonds. The molecule has 14 rings (SSSR count). The lowest BCUT2D eigenvalue weighted by Gasteiger charge is -2.35. The van der Waals surface area contributed by atoms with Crippen molar-refractivity contribution in [3.8, 4) is 44.5 Å². The highest BCUT2D eigenvalue weighted by atomic mass is 16.3. The van der Waals surface area contributed by atoms with Gasteiger partial charge in [0.15, 0.2) is 0 Å². The van der Waals surface area contributed by atoms with Crippen molar-refractivity contribution in [2.75, 3.05) is 4.90 Å². The summed E-state index contributed by atoms with van der Waals surface area (Å²) < 4.78 is 7.29. The van der Waals surface area contributed by atoms with E-state index in [-0.39, 0.29) is 0 Å². The van der Waals surface area contributed by atoms with E-state index in [4.69, 9.17) is 4.42 Å². The Hall–Kier alpha value is -9.24. The molecule has 0 fully saturated rings. The van der Waals surface area contributed by atoms with Gasteiger partial charge in [0.2, 0.25) is 0 Å². The minimum Gasteiger partial charge on any atom is -0.455 e. The van der Waals surface area contributed by atoms with Gasteiger partial charge in [0.1, 0.15) is 11.2 Å². The van der Waals surface area contributed by atoms with Gasteiger partial charge in [-0.3, -0.25) is 0 Å². The highest BCUT2D eigenvalue weighted by Crippen LogP contribution is 2.61. The number of furan rings is 1. The van der Waals surface area contributed by atoms with Crippen molar-refractivity contribution >= 4 is 60.5 Å². The second-order valence-corrected chi connectivity index (χ2v) is 18.7. The number of rotatable bonds is 8. The summed E-state index contributed by atoms with van der Waals surface area (Å²) in [5.41, 5.74) is 18.5. The molecule has 2 heteroatoms. The zero-order valence-electron chi connectivity index (χ0n) is 38.8. The third-order valence-corrected chi connectivity index (χ3v) is 14.9. The molecule has 1 aromatic heterocycles. The Morgan fingerprint density at radius 3 is 1.59 bits per heavy atom. The highest BCUT2D eigenvalue weighted by Gasteiger charge is 2.48. The van der Waals surface area contributed by atoms with Crippen LogP contribution in [0.4, 0.5) is 17.1 Å². The van der Waals surface area contributed by atoms with Gasteiger partial charge >= 0.3 is 0 Å². The minimum absolute atomic E-state index is 0.658. The van der Waals surface area contributed by atoms with E-state index in [9.17, 15) is 0 Å². The summed E-state index contributed by atoms with van der Waals surface area (Å²) in [4.78, 5) is 2.52. The average molecular weight is 904 g/mol. The van der Waals surface area contributed by atoms with Gasteiger partial charge < -0.3 is 9.32 Å². The van der Waals surface area contributed by atoms with Crippen molar-refractivity contribution in [3.63, 3.8) is 0 Å². The summed E-state index contributed by atoms with van der Waals surface area (Å²) in [6.45, 7) is 0. The van der Waals surface area contributed by atoms with Crippen LogP contribution in [0.2, 0.25) is 0 Å². The van der Waals surface area contributed by atoms with Crippen LogP contribution in [0.5, 0.6) is 0 Å². The Morgan fingerprint density at radius 2 is 0.873 bits per heavy atom. The Labute approximate surface area is 413 Å². The number of benzene rings is 12. The van der Waals surface area contributed by atoms with Gasteiger partial charge in [0.05, 0.1) is 22.2 Å². The molecule has 1 aliphatic carbocycles. The second-order valence-electron chi connectivity index (χ2n) is 18.7. The van der Waals surface area contributed by atoms with Crippen molar-refractivity contribution in [3.05, 3.63) is 295 Å². The molecule has 0 atom stereocenters. The Kier molecular flexibility index (Phi) is 9.47. The maximum absolute atomic E-state index is 7.29. The molecule has 0 N–H and O–H groups in total. The Bertz CT molecular complexity index is 4100. The zero-order chi connectivity index (χ0) is 46.9. The molecule has 1 heterocycles. The van der Waals surface area contributed by atoms with Crippen molar-refractivity contribution in [1.29, 1.82) is 0 Å². The van der Waals surface area contributed by atoms with E-state index in [1.165, 1.54) is 77.2 Å². The smallest absolute Gasteiger partial charge is 0.145 e. The molecule has 13 aromatic rings. The molecule has 0 radical (unpaired) electrons. The zero-order valence-corrected chi connectivity index (χ0v) is 38.8. The number of nitrogens with zero attached hydrogens (tertiary/aromatic N) is 1. The van der Waals surface area contributed by atoms with Crippen LogP contribution in [-0.2, 0) is 5.41 Å². The van der Waals surface area contributed by atoms with Crippen molar-refractivity contribution in [2.45, 2.75) is 5.41 Å². The van der Waals surface area contributed by atoms with E-state index < -0.39 is 5.41 Å². The number of para-hydroxylation sites is 1. The van der Waals surface area contributed by atoms with Crippen LogP contribution in [0.1, 0.15) is 22.3 Å². The van der Waals surface area contributed by atoms with Crippen LogP contribution < -0.4 is 4.90 Å². The first-order valence-electron chi connectivity index (χ1n) is 24.5. The van der Waals surface area contributed by atoms with Crippen LogP contribution in [0.15, 0.2) is 277 Å². The van der Waals surface area contributed by atoms with E-state index >= 15 is 0 Å². The van der Waals surface area contributed by atoms with Crippen LogP contribution in [0.25, 0.3) is 88.0 Å². The molecular weight excluding hydrogens is 859 g/mol. The number of anilines is 3. The lowest BCUT2D eigenvalue weighted by Crippen LogP contribution is -2.28. The third-order valence-electron chi connectivity index (χ3n) is 14.9. The second kappa shape index (κ2) is 16.5. The predicted octanol–water partition coefficient (Wildman–Crippen LogP) is 18.7. The monoisotopic (exact) mass is 903 g/mol. The van der Waals surface area contributed by atoms with Crippen LogP contribution in [0, 0.1) is 0 Å². The molecule has 0 saturated carbocycles. The fourth-order valence-corrected chi connectivity index (χ4v) is 11.8. The number of fused-ring (bicyclic) bond motifs is 10. The number of hydrogen-bond acceptors (Lipinski definition) is 2. The normalized spacial score (nSPS) is 12.6. The summed E-state index contributed by atoms with van der Waals surface area (Å²) in [5, 5.41) is 6.93. The Balaban J connectivity index is 1.09. The van der Waals surface area contributed by atoms with Crippen LogP contribution in [0.3, 0.4) is 0 Å².